The molecule has 0 spiro atoms. The summed E-state index contributed by atoms with van der Waals surface area (Å²) in [6.07, 6.45) is -1.15. The molecule has 1 N–H and O–H groups in total. The Bertz CT molecular complexity index is 416. The quantitative estimate of drug-likeness (QED) is 0.898. The number of hydrogen-bond donors (Lipinski definition) is 1. The summed E-state index contributed by atoms with van der Waals surface area (Å²) in [5.41, 5.74) is -0.204. The first kappa shape index (κ1) is 14.1. The number of hydrogen-bond acceptors (Lipinski definition) is 3. The van der Waals surface area contributed by atoms with Gasteiger partial charge in [0.15, 0.2) is 0 Å². The van der Waals surface area contributed by atoms with E-state index in [0.29, 0.717) is 17.8 Å². The zero-order valence-electron chi connectivity index (χ0n) is 11.0. The molecule has 1 aromatic rings. The molecule has 1 aliphatic heterocycles. The highest BCUT2D eigenvalue weighted by Crippen LogP contribution is 2.28. The Morgan fingerprint density at radius 1 is 1.37 bits per heavy atom. The number of piperidine rings is 1. The molecule has 0 bridgehead atoms. The Morgan fingerprint density at radius 3 is 2.63 bits per heavy atom. The van der Waals surface area contributed by atoms with Crippen molar-refractivity contribution in [1.29, 1.82) is 0 Å². The molecule has 0 aromatic carbocycles. The van der Waals surface area contributed by atoms with E-state index in [1.807, 2.05) is 0 Å². The minimum absolute atomic E-state index is 0.296. The Balaban J connectivity index is 1.97. The fourth-order valence-corrected chi connectivity index (χ4v) is 2.30. The van der Waals surface area contributed by atoms with Crippen molar-refractivity contribution in [3.8, 4) is 0 Å². The van der Waals surface area contributed by atoms with Gasteiger partial charge in [0, 0.05) is 18.6 Å². The summed E-state index contributed by atoms with van der Waals surface area (Å²) >= 11 is 0. The predicted octanol–water partition coefficient (Wildman–Crippen LogP) is 3.00. The molecule has 0 saturated carbocycles. The molecule has 2 unspecified atom stereocenters. The van der Waals surface area contributed by atoms with E-state index in [9.17, 15) is 13.2 Å². The molecule has 1 saturated heterocycles. The predicted molar refractivity (Wildman–Crippen MR) is 68.0 cm³/mol. The van der Waals surface area contributed by atoms with Crippen molar-refractivity contribution in [1.82, 2.24) is 9.88 Å². The molecular formula is C13H18F3N3. The van der Waals surface area contributed by atoms with Gasteiger partial charge in [0.05, 0.1) is 11.9 Å². The lowest BCUT2D eigenvalue weighted by atomic mass is 9.99. The molecule has 19 heavy (non-hydrogen) atoms. The average Bonchev–Trinajstić information content (AvgIpc) is 2.33. The van der Waals surface area contributed by atoms with Crippen molar-refractivity contribution in [2.45, 2.75) is 38.0 Å². The number of likely N-dealkylation sites (tertiary alicyclic amines) is 1. The van der Waals surface area contributed by atoms with E-state index in [4.69, 9.17) is 0 Å². The second-order valence-electron chi connectivity index (χ2n) is 5.13. The van der Waals surface area contributed by atoms with Crippen LogP contribution in [-0.2, 0) is 6.18 Å². The van der Waals surface area contributed by atoms with Crippen LogP contribution in [0.1, 0.15) is 25.5 Å². The van der Waals surface area contributed by atoms with Gasteiger partial charge in [-0.25, -0.2) is 4.98 Å². The van der Waals surface area contributed by atoms with E-state index in [1.165, 1.54) is 12.3 Å². The molecule has 0 aliphatic carbocycles. The zero-order chi connectivity index (χ0) is 14.0. The van der Waals surface area contributed by atoms with E-state index >= 15 is 0 Å². The summed E-state index contributed by atoms with van der Waals surface area (Å²) in [4.78, 5) is 5.73. The van der Waals surface area contributed by atoms with E-state index in [2.05, 4.69) is 29.2 Å². The summed E-state index contributed by atoms with van der Waals surface area (Å²) in [5.74, 6) is 0. The molecule has 2 rings (SSSR count). The normalized spacial score (nSPS) is 25.3. The van der Waals surface area contributed by atoms with Gasteiger partial charge < -0.3 is 10.2 Å². The number of anilines is 1. The van der Waals surface area contributed by atoms with Gasteiger partial charge in [0.1, 0.15) is 5.69 Å². The third-order valence-corrected chi connectivity index (χ3v) is 3.63. The van der Waals surface area contributed by atoms with Crippen molar-refractivity contribution >= 4 is 5.69 Å². The van der Waals surface area contributed by atoms with Crippen LogP contribution in [0.25, 0.3) is 0 Å². The van der Waals surface area contributed by atoms with Gasteiger partial charge in [-0.15, -0.1) is 0 Å². The summed E-state index contributed by atoms with van der Waals surface area (Å²) < 4.78 is 37.2. The van der Waals surface area contributed by atoms with Crippen LogP contribution in [0.5, 0.6) is 0 Å². The molecule has 0 radical (unpaired) electrons. The maximum Gasteiger partial charge on any atom is 0.433 e. The van der Waals surface area contributed by atoms with Crippen LogP contribution in [0.2, 0.25) is 0 Å². The molecule has 2 heterocycles. The second kappa shape index (κ2) is 5.36. The largest absolute Gasteiger partial charge is 0.433 e. The maximum absolute atomic E-state index is 12.4. The summed E-state index contributed by atoms with van der Waals surface area (Å²) in [6, 6.07) is 3.23. The Kier molecular flexibility index (Phi) is 3.99. The van der Waals surface area contributed by atoms with Crippen LogP contribution < -0.4 is 5.32 Å². The average molecular weight is 273 g/mol. The lowest BCUT2D eigenvalue weighted by Gasteiger charge is -2.35. The van der Waals surface area contributed by atoms with Gasteiger partial charge in [-0.05, 0) is 38.9 Å². The monoisotopic (exact) mass is 273 g/mol. The fourth-order valence-electron chi connectivity index (χ4n) is 2.30. The molecule has 3 nitrogen and oxygen atoms in total. The van der Waals surface area contributed by atoms with Crippen LogP contribution in [0.15, 0.2) is 18.3 Å². The van der Waals surface area contributed by atoms with Gasteiger partial charge >= 0.3 is 6.18 Å². The first-order valence-corrected chi connectivity index (χ1v) is 6.36. The molecule has 1 aliphatic rings. The van der Waals surface area contributed by atoms with Crippen LogP contribution in [0.3, 0.4) is 0 Å². The summed E-state index contributed by atoms with van der Waals surface area (Å²) in [5, 5.41) is 3.25. The molecular weight excluding hydrogens is 255 g/mol. The van der Waals surface area contributed by atoms with Crippen LogP contribution in [0, 0.1) is 0 Å². The lowest BCUT2D eigenvalue weighted by molar-refractivity contribution is -0.141. The highest BCUT2D eigenvalue weighted by Gasteiger charge is 2.32. The highest BCUT2D eigenvalue weighted by molar-refractivity contribution is 5.42. The van der Waals surface area contributed by atoms with E-state index in [-0.39, 0.29) is 0 Å². The zero-order valence-corrected chi connectivity index (χ0v) is 11.0. The van der Waals surface area contributed by atoms with Crippen LogP contribution in [0.4, 0.5) is 18.9 Å². The highest BCUT2D eigenvalue weighted by atomic mass is 19.4. The number of rotatable bonds is 2. The number of nitrogens with zero attached hydrogens (tertiary/aromatic N) is 2. The standard InChI is InChI=1S/C13H18F3N3/c1-9-7-10(5-6-19(9)2)18-11-3-4-12(17-8-11)13(14,15)16/h3-4,8-10,18H,5-7H2,1-2H3. The van der Waals surface area contributed by atoms with Crippen LogP contribution in [-0.4, -0.2) is 35.6 Å². The van der Waals surface area contributed by atoms with Crippen molar-refractivity contribution in [2.75, 3.05) is 18.9 Å². The smallest absolute Gasteiger partial charge is 0.381 e. The number of nitrogens with one attached hydrogen (secondary N) is 1. The third kappa shape index (κ3) is 3.59. The minimum atomic E-state index is -4.37. The Hall–Kier alpha value is -1.30. The topological polar surface area (TPSA) is 28.2 Å². The third-order valence-electron chi connectivity index (χ3n) is 3.63. The maximum atomic E-state index is 12.4. The molecule has 2 atom stereocenters. The number of pyridine rings is 1. The fraction of sp³-hybridized carbons (Fsp3) is 0.615. The van der Waals surface area contributed by atoms with Crippen molar-refractivity contribution in [3.63, 3.8) is 0 Å². The van der Waals surface area contributed by atoms with Crippen LogP contribution >= 0.6 is 0 Å². The lowest BCUT2D eigenvalue weighted by Crippen LogP contribution is -2.42. The number of aromatic nitrogens is 1. The SMILES string of the molecule is CC1CC(Nc2ccc(C(F)(F)F)nc2)CCN1C. The van der Waals surface area contributed by atoms with Crippen molar-refractivity contribution in [3.05, 3.63) is 24.0 Å². The second-order valence-corrected chi connectivity index (χ2v) is 5.13. The van der Waals surface area contributed by atoms with E-state index in [0.717, 1.165) is 25.5 Å². The summed E-state index contributed by atoms with van der Waals surface area (Å²) in [7, 11) is 2.08. The molecule has 106 valence electrons. The summed E-state index contributed by atoms with van der Waals surface area (Å²) in [6.45, 7) is 3.14. The van der Waals surface area contributed by atoms with Gasteiger partial charge in [-0.1, -0.05) is 0 Å². The number of halogens is 3. The van der Waals surface area contributed by atoms with Gasteiger partial charge in [0.2, 0.25) is 0 Å². The van der Waals surface area contributed by atoms with Gasteiger partial charge in [0.25, 0.3) is 0 Å². The van der Waals surface area contributed by atoms with E-state index < -0.39 is 11.9 Å². The van der Waals surface area contributed by atoms with E-state index in [1.54, 1.807) is 0 Å². The first-order valence-electron chi connectivity index (χ1n) is 6.36. The Labute approximate surface area is 110 Å². The van der Waals surface area contributed by atoms with Crippen molar-refractivity contribution < 1.29 is 13.2 Å². The van der Waals surface area contributed by atoms with Gasteiger partial charge in [-0.3, -0.25) is 0 Å². The molecule has 1 aromatic heterocycles. The number of alkyl halides is 3. The Morgan fingerprint density at radius 2 is 2.11 bits per heavy atom. The molecule has 1 fully saturated rings. The molecule has 6 heteroatoms. The molecule has 0 amide bonds. The first-order chi connectivity index (χ1) is 8.86. The minimum Gasteiger partial charge on any atom is -0.381 e. The van der Waals surface area contributed by atoms with Gasteiger partial charge in [-0.2, -0.15) is 13.2 Å². The van der Waals surface area contributed by atoms with Crippen molar-refractivity contribution in [2.24, 2.45) is 0 Å².